The van der Waals surface area contributed by atoms with E-state index in [0.717, 1.165) is 4.90 Å². The second-order valence-electron chi connectivity index (χ2n) is 6.43. The number of amides is 1. The van der Waals surface area contributed by atoms with Gasteiger partial charge in [0.15, 0.2) is 23.3 Å². The molecule has 1 heterocycles. The summed E-state index contributed by atoms with van der Waals surface area (Å²) in [5, 5.41) is 0. The van der Waals surface area contributed by atoms with Crippen molar-refractivity contribution in [3.63, 3.8) is 0 Å². The van der Waals surface area contributed by atoms with Gasteiger partial charge in [-0.25, -0.2) is 26.7 Å². The number of rotatable bonds is 2. The highest BCUT2D eigenvalue weighted by molar-refractivity contribution is 5.69. The van der Waals surface area contributed by atoms with Gasteiger partial charge in [0.05, 0.1) is 5.56 Å². The van der Waals surface area contributed by atoms with Crippen molar-refractivity contribution in [3.8, 4) is 0 Å². The maximum Gasteiger partial charge on any atom is 0.410 e. The van der Waals surface area contributed by atoms with Crippen LogP contribution in [0.2, 0.25) is 0 Å². The number of carbonyl (C=O) groups excluding carboxylic acids is 1. The zero-order chi connectivity index (χ0) is 17.5. The Kier molecular flexibility index (Phi) is 4.54. The van der Waals surface area contributed by atoms with Gasteiger partial charge in [0.2, 0.25) is 0 Å². The van der Waals surface area contributed by atoms with Crippen molar-refractivity contribution < 1.29 is 31.5 Å². The molecule has 1 fully saturated rings. The van der Waals surface area contributed by atoms with E-state index >= 15 is 0 Å². The number of nitrogens with zero attached hydrogens (tertiary/aromatic N) is 1. The molecule has 0 saturated carbocycles. The van der Waals surface area contributed by atoms with Crippen LogP contribution < -0.4 is 0 Å². The van der Waals surface area contributed by atoms with Gasteiger partial charge in [-0.1, -0.05) is 0 Å². The molecule has 128 valence electrons. The van der Waals surface area contributed by atoms with Crippen LogP contribution in [0.4, 0.5) is 26.7 Å². The molecule has 2 rings (SSSR count). The summed E-state index contributed by atoms with van der Waals surface area (Å²) in [6.45, 7) is 4.64. The van der Waals surface area contributed by atoms with Gasteiger partial charge < -0.3 is 9.64 Å². The van der Waals surface area contributed by atoms with Gasteiger partial charge in [-0.15, -0.1) is 0 Å². The fourth-order valence-corrected chi connectivity index (χ4v) is 2.24. The first-order valence-corrected chi connectivity index (χ1v) is 6.96. The number of alkyl halides is 1. The minimum atomic E-state index is -2.26. The van der Waals surface area contributed by atoms with E-state index in [-0.39, 0.29) is 19.2 Å². The van der Waals surface area contributed by atoms with Crippen LogP contribution in [0.25, 0.3) is 0 Å². The summed E-state index contributed by atoms with van der Waals surface area (Å²) in [5.74, 6) is -7.80. The molecular formula is C15H16F5NO2. The van der Waals surface area contributed by atoms with E-state index in [1.807, 2.05) is 0 Å². The van der Waals surface area contributed by atoms with Crippen LogP contribution in [0.15, 0.2) is 6.07 Å². The standard InChI is InChI=1S/C15H16F5NO2/c1-15(2,3)23-14(22)21-5-7(6-21)11(18)10-12(19)8(16)4-9(17)13(10)20/h4,7,11H,5-6H2,1-3H3. The molecule has 1 saturated heterocycles. The van der Waals surface area contributed by atoms with Crippen molar-refractivity contribution in [2.75, 3.05) is 13.1 Å². The van der Waals surface area contributed by atoms with Crippen LogP contribution in [-0.4, -0.2) is 29.7 Å². The van der Waals surface area contributed by atoms with Crippen LogP contribution in [0, 0.1) is 29.2 Å². The van der Waals surface area contributed by atoms with Crippen LogP contribution >= 0.6 is 0 Å². The van der Waals surface area contributed by atoms with Crippen LogP contribution in [-0.2, 0) is 4.74 Å². The van der Waals surface area contributed by atoms with Gasteiger partial charge in [0.25, 0.3) is 0 Å². The number of ether oxygens (including phenoxy) is 1. The highest BCUT2D eigenvalue weighted by Gasteiger charge is 2.42. The topological polar surface area (TPSA) is 29.5 Å². The lowest BCUT2D eigenvalue weighted by Gasteiger charge is -2.41. The average molecular weight is 337 g/mol. The number of benzene rings is 1. The molecule has 1 aromatic carbocycles. The largest absolute Gasteiger partial charge is 0.444 e. The van der Waals surface area contributed by atoms with Gasteiger partial charge in [-0.2, -0.15) is 0 Å². The van der Waals surface area contributed by atoms with Crippen molar-refractivity contribution in [1.29, 1.82) is 0 Å². The lowest BCUT2D eigenvalue weighted by molar-refractivity contribution is -0.0163. The summed E-state index contributed by atoms with van der Waals surface area (Å²) in [4.78, 5) is 12.8. The molecule has 1 unspecified atom stereocenters. The van der Waals surface area contributed by atoms with Gasteiger partial charge >= 0.3 is 6.09 Å². The SMILES string of the molecule is CC(C)(C)OC(=O)N1CC(C(F)c2c(F)c(F)cc(F)c2F)C1. The Morgan fingerprint density at radius 1 is 1.17 bits per heavy atom. The van der Waals surface area contributed by atoms with Crippen molar-refractivity contribution in [3.05, 3.63) is 34.9 Å². The highest BCUT2D eigenvalue weighted by atomic mass is 19.2. The van der Waals surface area contributed by atoms with E-state index in [9.17, 15) is 26.7 Å². The minimum absolute atomic E-state index is 0.0225. The summed E-state index contributed by atoms with van der Waals surface area (Å²) in [5.41, 5.74) is -2.02. The summed E-state index contributed by atoms with van der Waals surface area (Å²) in [7, 11) is 0. The first kappa shape index (κ1) is 17.5. The van der Waals surface area contributed by atoms with Crippen LogP contribution in [0.5, 0.6) is 0 Å². The van der Waals surface area contributed by atoms with Crippen LogP contribution in [0.3, 0.4) is 0 Å². The molecule has 0 radical (unpaired) electrons. The van der Waals surface area contributed by atoms with Crippen LogP contribution in [0.1, 0.15) is 32.5 Å². The van der Waals surface area contributed by atoms with E-state index in [1.165, 1.54) is 0 Å². The zero-order valence-corrected chi connectivity index (χ0v) is 12.8. The first-order chi connectivity index (χ1) is 10.5. The fraction of sp³-hybridized carbons (Fsp3) is 0.533. The molecule has 8 heteroatoms. The summed E-state index contributed by atoms with van der Waals surface area (Å²) >= 11 is 0. The first-order valence-electron chi connectivity index (χ1n) is 6.96. The molecule has 0 bridgehead atoms. The molecule has 1 atom stereocenters. The number of likely N-dealkylation sites (tertiary alicyclic amines) is 1. The Balaban J connectivity index is 2.08. The summed E-state index contributed by atoms with van der Waals surface area (Å²) < 4.78 is 72.7. The molecule has 1 aliphatic rings. The van der Waals surface area contributed by atoms with Gasteiger partial charge in [0.1, 0.15) is 11.8 Å². The van der Waals surface area contributed by atoms with Crippen molar-refractivity contribution in [2.24, 2.45) is 5.92 Å². The second kappa shape index (κ2) is 5.98. The molecule has 0 spiro atoms. The lowest BCUT2D eigenvalue weighted by atomic mass is 9.90. The highest BCUT2D eigenvalue weighted by Crippen LogP contribution is 2.37. The molecule has 0 aromatic heterocycles. The third-order valence-corrected chi connectivity index (χ3v) is 3.40. The average Bonchev–Trinajstić information content (AvgIpc) is 2.32. The molecule has 1 aliphatic heterocycles. The summed E-state index contributed by atoms with van der Waals surface area (Å²) in [6.07, 6.45) is -2.95. The van der Waals surface area contributed by atoms with Gasteiger partial charge in [-0.3, -0.25) is 0 Å². The Morgan fingerprint density at radius 3 is 2.09 bits per heavy atom. The minimum Gasteiger partial charge on any atom is -0.444 e. The number of hydrogen-bond acceptors (Lipinski definition) is 2. The Labute approximate surface area is 130 Å². The Morgan fingerprint density at radius 2 is 1.65 bits per heavy atom. The quantitative estimate of drug-likeness (QED) is 0.600. The predicted octanol–water partition coefficient (Wildman–Crippen LogP) is 4.12. The third-order valence-electron chi connectivity index (χ3n) is 3.40. The third kappa shape index (κ3) is 3.56. The number of carbonyl (C=O) groups is 1. The Hall–Kier alpha value is -1.86. The number of hydrogen-bond donors (Lipinski definition) is 0. The molecule has 0 N–H and O–H groups in total. The number of halogens is 5. The van der Waals surface area contributed by atoms with E-state index in [1.54, 1.807) is 20.8 Å². The van der Waals surface area contributed by atoms with Gasteiger partial charge in [-0.05, 0) is 20.8 Å². The molecule has 1 aromatic rings. The van der Waals surface area contributed by atoms with E-state index in [0.29, 0.717) is 0 Å². The van der Waals surface area contributed by atoms with E-state index in [2.05, 4.69) is 0 Å². The van der Waals surface area contributed by atoms with Crippen molar-refractivity contribution >= 4 is 6.09 Å². The Bertz CT molecular complexity index is 597. The monoisotopic (exact) mass is 337 g/mol. The lowest BCUT2D eigenvalue weighted by Crippen LogP contribution is -2.53. The maximum absolute atomic E-state index is 14.2. The van der Waals surface area contributed by atoms with Crippen molar-refractivity contribution in [1.82, 2.24) is 4.90 Å². The molecule has 0 aliphatic carbocycles. The molecule has 1 amide bonds. The molecule has 23 heavy (non-hydrogen) atoms. The van der Waals surface area contributed by atoms with E-state index < -0.39 is 52.6 Å². The zero-order valence-electron chi connectivity index (χ0n) is 12.8. The van der Waals surface area contributed by atoms with Crippen molar-refractivity contribution in [2.45, 2.75) is 32.5 Å². The van der Waals surface area contributed by atoms with E-state index in [4.69, 9.17) is 4.74 Å². The van der Waals surface area contributed by atoms with Gasteiger partial charge in [0, 0.05) is 25.1 Å². The predicted molar refractivity (Wildman–Crippen MR) is 71.4 cm³/mol. The smallest absolute Gasteiger partial charge is 0.410 e. The second-order valence-corrected chi connectivity index (χ2v) is 6.43. The summed E-state index contributed by atoms with van der Waals surface area (Å²) in [6, 6.07) is 0.0225. The normalized spacial score (nSPS) is 17.0. The molecular weight excluding hydrogens is 321 g/mol. The maximum atomic E-state index is 14.2. The molecule has 3 nitrogen and oxygen atoms in total. The fourth-order valence-electron chi connectivity index (χ4n) is 2.24.